The third-order valence-electron chi connectivity index (χ3n) is 2.79. The van der Waals surface area contributed by atoms with Crippen molar-refractivity contribution in [3.05, 3.63) is 53.8 Å². The van der Waals surface area contributed by atoms with Gasteiger partial charge in [-0.05, 0) is 29.8 Å². The minimum absolute atomic E-state index is 0.00805. The quantitative estimate of drug-likeness (QED) is 0.929. The van der Waals surface area contributed by atoms with Gasteiger partial charge in [-0.25, -0.2) is 4.39 Å². The second-order valence-electron chi connectivity index (χ2n) is 4.31. The molecule has 2 aromatic carbocycles. The summed E-state index contributed by atoms with van der Waals surface area (Å²) < 4.78 is 47.4. The lowest BCUT2D eigenvalue weighted by Gasteiger charge is -2.07. The zero-order valence-electron chi connectivity index (χ0n) is 10.2. The highest BCUT2D eigenvalue weighted by Gasteiger charge is 2.43. The molecule has 0 radical (unpaired) electrons. The number of rotatable bonds is 3. The van der Waals surface area contributed by atoms with Gasteiger partial charge in [0.2, 0.25) is 0 Å². The Morgan fingerprint density at radius 3 is 2.60 bits per heavy atom. The van der Waals surface area contributed by atoms with Gasteiger partial charge in [-0.1, -0.05) is 12.1 Å². The van der Waals surface area contributed by atoms with Crippen molar-refractivity contribution in [2.75, 3.05) is 5.32 Å². The van der Waals surface area contributed by atoms with E-state index in [1.54, 1.807) is 18.2 Å². The van der Waals surface area contributed by atoms with Crippen LogP contribution in [0.25, 0.3) is 0 Å². The molecule has 104 valence electrons. The monoisotopic (exact) mass is 281 g/mol. The Morgan fingerprint density at radius 2 is 1.80 bits per heavy atom. The summed E-state index contributed by atoms with van der Waals surface area (Å²) in [5.74, 6) is -0.361. The number of hydrogen-bond donors (Lipinski definition) is 1. The van der Waals surface area contributed by atoms with Crippen LogP contribution in [0.3, 0.4) is 0 Å². The summed E-state index contributed by atoms with van der Waals surface area (Å²) in [4.78, 5) is 0. The van der Waals surface area contributed by atoms with Gasteiger partial charge in [0.05, 0.1) is 0 Å². The van der Waals surface area contributed by atoms with Crippen LogP contribution in [0.15, 0.2) is 42.5 Å². The van der Waals surface area contributed by atoms with Gasteiger partial charge in [-0.15, -0.1) is 8.78 Å². The zero-order chi connectivity index (χ0) is 14.2. The number of fused-ring (bicyclic) bond motifs is 1. The minimum Gasteiger partial charge on any atom is -0.395 e. The van der Waals surface area contributed by atoms with E-state index in [2.05, 4.69) is 14.8 Å². The molecule has 0 saturated heterocycles. The van der Waals surface area contributed by atoms with Crippen LogP contribution in [0.2, 0.25) is 0 Å². The molecule has 1 N–H and O–H groups in total. The number of benzene rings is 2. The van der Waals surface area contributed by atoms with Crippen molar-refractivity contribution in [1.82, 2.24) is 0 Å². The molecule has 0 spiro atoms. The second kappa shape index (κ2) is 4.63. The fourth-order valence-corrected chi connectivity index (χ4v) is 1.91. The number of nitrogens with one attached hydrogen (secondary N) is 1. The van der Waals surface area contributed by atoms with Gasteiger partial charge in [-0.3, -0.25) is 0 Å². The lowest BCUT2D eigenvalue weighted by Crippen LogP contribution is -2.25. The van der Waals surface area contributed by atoms with Gasteiger partial charge in [0, 0.05) is 18.3 Å². The van der Waals surface area contributed by atoms with Crippen LogP contribution in [0.5, 0.6) is 11.5 Å². The Hall–Kier alpha value is -2.37. The number of anilines is 1. The molecular formula is C14H10F3NO2. The third-order valence-corrected chi connectivity index (χ3v) is 2.79. The first kappa shape index (κ1) is 12.7. The molecule has 1 aliphatic rings. The normalized spacial score (nSPS) is 15.2. The largest absolute Gasteiger partial charge is 0.586 e. The fraction of sp³-hybridized carbons (Fsp3) is 0.143. The molecule has 1 aliphatic heterocycles. The maximum atomic E-state index is 13.0. The molecule has 0 bridgehead atoms. The predicted octanol–water partition coefficient (Wildman–Crippen LogP) is 3.76. The Balaban J connectivity index is 1.71. The van der Waals surface area contributed by atoms with E-state index in [0.29, 0.717) is 12.2 Å². The summed E-state index contributed by atoms with van der Waals surface area (Å²) in [6.45, 7) is 0.369. The van der Waals surface area contributed by atoms with Crippen LogP contribution < -0.4 is 14.8 Å². The molecule has 2 aromatic rings. The van der Waals surface area contributed by atoms with Crippen molar-refractivity contribution in [3.63, 3.8) is 0 Å². The first-order valence-corrected chi connectivity index (χ1v) is 5.90. The van der Waals surface area contributed by atoms with Gasteiger partial charge in [0.1, 0.15) is 5.82 Å². The van der Waals surface area contributed by atoms with E-state index in [-0.39, 0.29) is 17.3 Å². The van der Waals surface area contributed by atoms with Crippen LogP contribution in [0, 0.1) is 5.82 Å². The highest BCUT2D eigenvalue weighted by Crippen LogP contribution is 2.42. The summed E-state index contributed by atoms with van der Waals surface area (Å²) in [6.07, 6.45) is -3.62. The van der Waals surface area contributed by atoms with E-state index < -0.39 is 6.29 Å². The zero-order valence-corrected chi connectivity index (χ0v) is 10.2. The molecular weight excluding hydrogens is 271 g/mol. The topological polar surface area (TPSA) is 30.5 Å². The van der Waals surface area contributed by atoms with Crippen molar-refractivity contribution in [2.24, 2.45) is 0 Å². The first-order chi connectivity index (χ1) is 9.52. The van der Waals surface area contributed by atoms with E-state index in [9.17, 15) is 13.2 Å². The Labute approximate surface area is 112 Å². The van der Waals surface area contributed by atoms with E-state index in [0.717, 1.165) is 5.56 Å². The molecule has 20 heavy (non-hydrogen) atoms. The number of hydrogen-bond acceptors (Lipinski definition) is 3. The molecule has 0 aromatic heterocycles. The fourth-order valence-electron chi connectivity index (χ4n) is 1.91. The molecule has 0 unspecified atom stereocenters. The lowest BCUT2D eigenvalue weighted by atomic mass is 10.2. The van der Waals surface area contributed by atoms with Gasteiger partial charge >= 0.3 is 6.29 Å². The van der Waals surface area contributed by atoms with Gasteiger partial charge in [-0.2, -0.15) is 0 Å². The number of alkyl halides is 2. The van der Waals surface area contributed by atoms with E-state index in [4.69, 9.17) is 0 Å². The lowest BCUT2D eigenvalue weighted by molar-refractivity contribution is -0.286. The van der Waals surface area contributed by atoms with Gasteiger partial charge < -0.3 is 14.8 Å². The highest BCUT2D eigenvalue weighted by molar-refractivity contribution is 5.56. The highest BCUT2D eigenvalue weighted by atomic mass is 19.3. The minimum atomic E-state index is -3.62. The number of halogens is 3. The van der Waals surface area contributed by atoms with Crippen molar-refractivity contribution >= 4 is 5.69 Å². The van der Waals surface area contributed by atoms with Crippen LogP contribution in [0.1, 0.15) is 5.56 Å². The Bertz CT molecular complexity index is 646. The third kappa shape index (κ3) is 2.64. The van der Waals surface area contributed by atoms with Crippen LogP contribution in [-0.4, -0.2) is 6.29 Å². The van der Waals surface area contributed by atoms with E-state index in [1.165, 1.54) is 24.3 Å². The maximum Gasteiger partial charge on any atom is 0.586 e. The molecule has 0 saturated carbocycles. The van der Waals surface area contributed by atoms with Gasteiger partial charge in [0.15, 0.2) is 11.5 Å². The van der Waals surface area contributed by atoms with Crippen molar-refractivity contribution < 1.29 is 22.6 Å². The SMILES string of the molecule is Fc1cccc(CNc2ccc3c(c2)OC(F)(F)O3)c1. The smallest absolute Gasteiger partial charge is 0.395 e. The van der Waals surface area contributed by atoms with Crippen LogP contribution in [0.4, 0.5) is 18.9 Å². The molecule has 3 nitrogen and oxygen atoms in total. The number of ether oxygens (including phenoxy) is 2. The van der Waals surface area contributed by atoms with E-state index >= 15 is 0 Å². The van der Waals surface area contributed by atoms with E-state index in [1.807, 2.05) is 0 Å². The van der Waals surface area contributed by atoms with Crippen molar-refractivity contribution in [1.29, 1.82) is 0 Å². The summed E-state index contributed by atoms with van der Waals surface area (Å²) in [6, 6.07) is 10.5. The van der Waals surface area contributed by atoms with Crippen molar-refractivity contribution in [2.45, 2.75) is 12.8 Å². The van der Waals surface area contributed by atoms with Gasteiger partial charge in [0.25, 0.3) is 0 Å². The maximum absolute atomic E-state index is 13.0. The predicted molar refractivity (Wildman–Crippen MR) is 66.4 cm³/mol. The summed E-state index contributed by atoms with van der Waals surface area (Å²) >= 11 is 0. The standard InChI is InChI=1S/C14H10F3NO2/c15-10-3-1-2-9(6-10)8-18-11-4-5-12-13(7-11)20-14(16,17)19-12/h1-7,18H,8H2. The summed E-state index contributed by atoms with van der Waals surface area (Å²) in [5.41, 5.74) is 1.32. The van der Waals surface area contributed by atoms with Crippen LogP contribution >= 0.6 is 0 Å². The Morgan fingerprint density at radius 1 is 1.00 bits per heavy atom. The second-order valence-corrected chi connectivity index (χ2v) is 4.31. The first-order valence-electron chi connectivity index (χ1n) is 5.90. The van der Waals surface area contributed by atoms with Crippen molar-refractivity contribution in [3.8, 4) is 11.5 Å². The summed E-state index contributed by atoms with van der Waals surface area (Å²) in [5, 5.41) is 3.00. The molecule has 0 atom stereocenters. The molecule has 0 aliphatic carbocycles. The molecule has 6 heteroatoms. The Kier molecular flexibility index (Phi) is 2.93. The molecule has 1 heterocycles. The molecule has 0 amide bonds. The molecule has 0 fully saturated rings. The molecule has 3 rings (SSSR count). The summed E-state index contributed by atoms with van der Waals surface area (Å²) in [7, 11) is 0. The average molecular weight is 281 g/mol. The average Bonchev–Trinajstić information content (AvgIpc) is 2.69. The van der Waals surface area contributed by atoms with Crippen LogP contribution in [-0.2, 0) is 6.54 Å².